The highest BCUT2D eigenvalue weighted by Crippen LogP contribution is 2.35. The van der Waals surface area contributed by atoms with Gasteiger partial charge in [-0.1, -0.05) is 12.1 Å². The van der Waals surface area contributed by atoms with E-state index in [-0.39, 0.29) is 22.6 Å². The van der Waals surface area contributed by atoms with E-state index >= 15 is 0 Å². The number of anilines is 1. The normalized spacial score (nSPS) is 12.9. The molecule has 0 spiro atoms. The fraction of sp³-hybridized carbons (Fsp3) is 0.200. The first-order chi connectivity index (χ1) is 14.0. The van der Waals surface area contributed by atoms with Crippen LogP contribution in [0.15, 0.2) is 42.0 Å². The van der Waals surface area contributed by atoms with Crippen LogP contribution in [0.25, 0.3) is 6.08 Å². The summed E-state index contributed by atoms with van der Waals surface area (Å²) >= 11 is 0. The molecule has 3 rings (SSSR count). The molecular formula is C20H16F2N2O5. The number of hydrogen-bond donors (Lipinski definition) is 1. The maximum Gasteiger partial charge on any atom is 0.387 e. The Morgan fingerprint density at radius 3 is 2.69 bits per heavy atom. The van der Waals surface area contributed by atoms with Gasteiger partial charge in [-0.15, -0.1) is 0 Å². The van der Waals surface area contributed by atoms with Crippen molar-refractivity contribution in [2.75, 3.05) is 25.6 Å². The Kier molecular flexibility index (Phi) is 6.14. The number of hydrogen-bond acceptors (Lipinski definition) is 6. The SMILES string of the molecule is COc1cccc(/C=C(\C#N)C(=O)Nc2ccc3c(c2)OCCO3)c1OC(F)F. The van der Waals surface area contributed by atoms with Crippen LogP contribution >= 0.6 is 0 Å². The molecule has 2 aromatic rings. The van der Waals surface area contributed by atoms with Gasteiger partial charge >= 0.3 is 6.61 Å². The number of nitrogens with zero attached hydrogens (tertiary/aromatic N) is 1. The molecule has 1 amide bonds. The summed E-state index contributed by atoms with van der Waals surface area (Å²) in [7, 11) is 1.29. The zero-order valence-electron chi connectivity index (χ0n) is 15.3. The number of rotatable bonds is 6. The quantitative estimate of drug-likeness (QED) is 0.586. The van der Waals surface area contributed by atoms with Gasteiger partial charge in [0.2, 0.25) is 0 Å². The van der Waals surface area contributed by atoms with E-state index < -0.39 is 12.5 Å². The zero-order chi connectivity index (χ0) is 20.8. The number of ether oxygens (including phenoxy) is 4. The number of para-hydroxylation sites is 1. The molecule has 0 saturated heterocycles. The largest absolute Gasteiger partial charge is 0.493 e. The van der Waals surface area contributed by atoms with Gasteiger partial charge in [0.1, 0.15) is 24.9 Å². The second-order valence-corrected chi connectivity index (χ2v) is 5.74. The highest BCUT2D eigenvalue weighted by Gasteiger charge is 2.18. The van der Waals surface area contributed by atoms with Crippen molar-refractivity contribution in [3.8, 4) is 29.1 Å². The molecule has 0 saturated carbocycles. The van der Waals surface area contributed by atoms with Crippen LogP contribution in [0.4, 0.5) is 14.5 Å². The molecule has 2 aromatic carbocycles. The van der Waals surface area contributed by atoms with Gasteiger partial charge in [-0.25, -0.2) is 0 Å². The third-order valence-electron chi connectivity index (χ3n) is 3.90. The van der Waals surface area contributed by atoms with Gasteiger partial charge in [-0.3, -0.25) is 4.79 Å². The van der Waals surface area contributed by atoms with Gasteiger partial charge in [0, 0.05) is 17.3 Å². The molecule has 1 aliphatic rings. The lowest BCUT2D eigenvalue weighted by atomic mass is 10.1. The lowest BCUT2D eigenvalue weighted by molar-refractivity contribution is -0.112. The Morgan fingerprint density at radius 2 is 2.00 bits per heavy atom. The summed E-state index contributed by atoms with van der Waals surface area (Å²) in [6, 6.07) is 10.9. The lowest BCUT2D eigenvalue weighted by Gasteiger charge is -2.19. The van der Waals surface area contributed by atoms with Crippen molar-refractivity contribution in [3.63, 3.8) is 0 Å². The summed E-state index contributed by atoms with van der Waals surface area (Å²) in [5, 5.41) is 11.9. The molecule has 1 aliphatic heterocycles. The number of benzene rings is 2. The van der Waals surface area contributed by atoms with Crippen LogP contribution in [0.3, 0.4) is 0 Å². The number of alkyl halides is 2. The summed E-state index contributed by atoms with van der Waals surface area (Å²) < 4.78 is 45.9. The third-order valence-corrected chi connectivity index (χ3v) is 3.90. The van der Waals surface area contributed by atoms with Crippen LogP contribution in [-0.4, -0.2) is 32.8 Å². The Labute approximate surface area is 165 Å². The summed E-state index contributed by atoms with van der Waals surface area (Å²) in [6.07, 6.45) is 1.15. The summed E-state index contributed by atoms with van der Waals surface area (Å²) in [6.45, 7) is -2.28. The van der Waals surface area contributed by atoms with Crippen molar-refractivity contribution in [1.29, 1.82) is 5.26 Å². The molecule has 0 atom stereocenters. The molecule has 0 aliphatic carbocycles. The first kappa shape index (κ1) is 19.9. The van der Waals surface area contributed by atoms with E-state index in [0.717, 1.165) is 6.08 Å². The number of fused-ring (bicyclic) bond motifs is 1. The third kappa shape index (κ3) is 4.73. The lowest BCUT2D eigenvalue weighted by Crippen LogP contribution is -2.17. The van der Waals surface area contributed by atoms with Gasteiger partial charge in [0.15, 0.2) is 23.0 Å². The Morgan fingerprint density at radius 1 is 1.24 bits per heavy atom. The standard InChI is InChI=1S/C20H16F2N2O5/c1-26-16-4-2-3-12(18(16)29-20(21)22)9-13(11-23)19(25)24-14-5-6-15-17(10-14)28-8-7-27-15/h2-6,9-10,20H,7-8H2,1H3,(H,24,25)/b13-9+. The highest BCUT2D eigenvalue weighted by molar-refractivity contribution is 6.10. The Balaban J connectivity index is 1.87. The molecule has 1 heterocycles. The smallest absolute Gasteiger partial charge is 0.387 e. The Bertz CT molecular complexity index is 985. The maximum absolute atomic E-state index is 12.8. The van der Waals surface area contributed by atoms with E-state index in [1.807, 2.05) is 0 Å². The maximum atomic E-state index is 12.8. The van der Waals surface area contributed by atoms with Crippen molar-refractivity contribution < 1.29 is 32.5 Å². The van der Waals surface area contributed by atoms with Crippen molar-refractivity contribution in [1.82, 2.24) is 0 Å². The molecule has 0 bridgehead atoms. The van der Waals surface area contributed by atoms with E-state index in [9.17, 15) is 18.8 Å². The summed E-state index contributed by atoms with van der Waals surface area (Å²) in [5.41, 5.74) is 0.167. The predicted octanol–water partition coefficient (Wildman–Crippen LogP) is 3.61. The first-order valence-corrected chi connectivity index (χ1v) is 8.46. The van der Waals surface area contributed by atoms with Crippen LogP contribution in [0.5, 0.6) is 23.0 Å². The van der Waals surface area contributed by atoms with Crippen molar-refractivity contribution in [2.45, 2.75) is 6.61 Å². The zero-order valence-corrected chi connectivity index (χ0v) is 15.3. The fourth-order valence-corrected chi connectivity index (χ4v) is 2.65. The number of amides is 1. The Hall–Kier alpha value is -3.80. The minimum atomic E-state index is -3.10. The summed E-state index contributed by atoms with van der Waals surface area (Å²) in [5.74, 6) is 0.0656. The molecule has 0 aromatic heterocycles. The van der Waals surface area contributed by atoms with E-state index in [1.54, 1.807) is 24.3 Å². The second-order valence-electron chi connectivity index (χ2n) is 5.74. The number of methoxy groups -OCH3 is 1. The molecule has 1 N–H and O–H groups in total. The van der Waals surface area contributed by atoms with E-state index in [0.29, 0.717) is 30.4 Å². The molecule has 7 nitrogen and oxygen atoms in total. The van der Waals surface area contributed by atoms with Gasteiger partial charge in [-0.2, -0.15) is 14.0 Å². The minimum Gasteiger partial charge on any atom is -0.493 e. The van der Waals surface area contributed by atoms with Crippen molar-refractivity contribution in [3.05, 3.63) is 47.5 Å². The van der Waals surface area contributed by atoms with Gasteiger partial charge < -0.3 is 24.3 Å². The molecule has 0 radical (unpaired) electrons. The van der Waals surface area contributed by atoms with Gasteiger partial charge in [0.05, 0.1) is 7.11 Å². The molecule has 29 heavy (non-hydrogen) atoms. The molecule has 0 unspecified atom stereocenters. The second kappa shape index (κ2) is 8.93. The number of nitriles is 1. The molecule has 150 valence electrons. The predicted molar refractivity (Wildman–Crippen MR) is 99.3 cm³/mol. The van der Waals surface area contributed by atoms with Crippen LogP contribution in [0, 0.1) is 11.3 Å². The van der Waals surface area contributed by atoms with E-state index in [4.69, 9.17) is 14.2 Å². The fourth-order valence-electron chi connectivity index (χ4n) is 2.65. The minimum absolute atomic E-state index is 0.0450. The van der Waals surface area contributed by atoms with Gasteiger partial charge in [-0.05, 0) is 24.3 Å². The number of halogens is 2. The number of nitrogens with one attached hydrogen (secondary N) is 1. The number of carbonyl (C=O) groups excluding carboxylic acids is 1. The monoisotopic (exact) mass is 402 g/mol. The first-order valence-electron chi connectivity index (χ1n) is 8.46. The number of carbonyl (C=O) groups is 1. The van der Waals surface area contributed by atoms with E-state index in [2.05, 4.69) is 10.1 Å². The van der Waals surface area contributed by atoms with Crippen molar-refractivity contribution in [2.24, 2.45) is 0 Å². The molecular weight excluding hydrogens is 386 g/mol. The van der Waals surface area contributed by atoms with Crippen LogP contribution < -0.4 is 24.3 Å². The van der Waals surface area contributed by atoms with Crippen LogP contribution in [0.1, 0.15) is 5.56 Å². The molecule has 9 heteroatoms. The van der Waals surface area contributed by atoms with E-state index in [1.165, 1.54) is 25.3 Å². The molecule has 0 fully saturated rings. The van der Waals surface area contributed by atoms with Gasteiger partial charge in [0.25, 0.3) is 5.91 Å². The highest BCUT2D eigenvalue weighted by atomic mass is 19.3. The topological polar surface area (TPSA) is 89.8 Å². The van der Waals surface area contributed by atoms with Crippen LogP contribution in [0.2, 0.25) is 0 Å². The average Bonchev–Trinajstić information content (AvgIpc) is 2.72. The summed E-state index contributed by atoms with van der Waals surface area (Å²) in [4.78, 5) is 12.5. The van der Waals surface area contributed by atoms with Crippen LogP contribution in [-0.2, 0) is 4.79 Å². The van der Waals surface area contributed by atoms with Crippen molar-refractivity contribution >= 4 is 17.7 Å². The average molecular weight is 402 g/mol.